The van der Waals surface area contributed by atoms with Crippen molar-refractivity contribution in [3.63, 3.8) is 0 Å². The monoisotopic (exact) mass is 383 g/mol. The van der Waals surface area contributed by atoms with E-state index in [0.717, 1.165) is 23.3 Å². The van der Waals surface area contributed by atoms with Gasteiger partial charge in [-0.3, -0.25) is 4.79 Å². The maximum Gasteiger partial charge on any atom is 0.230 e. The number of thiophene rings is 1. The number of amides is 1. The van der Waals surface area contributed by atoms with Crippen molar-refractivity contribution >= 4 is 17.2 Å². The second-order valence-electron chi connectivity index (χ2n) is 6.81. The standard InChI is InChI=1S/C21H21NO4S/c1-25-17-6-3-2-5-16(17)20(9-10-20)19(23)22-14-21(24,15-8-11-26-13-15)18-7-4-12-27-18/h2-8,11-13,24H,9-10,14H2,1H3,(H,22,23)/t21-/m0/s1. The van der Waals surface area contributed by atoms with Crippen LogP contribution in [0.3, 0.4) is 0 Å². The summed E-state index contributed by atoms with van der Waals surface area (Å²) in [5.74, 6) is 0.624. The fraction of sp³-hybridized carbons (Fsp3) is 0.286. The van der Waals surface area contributed by atoms with E-state index in [1.165, 1.54) is 23.9 Å². The first-order valence-electron chi connectivity index (χ1n) is 8.81. The molecule has 0 aliphatic heterocycles. The molecule has 1 amide bonds. The van der Waals surface area contributed by atoms with Crippen LogP contribution in [0, 0.1) is 0 Å². The molecular formula is C21H21NO4S. The van der Waals surface area contributed by atoms with Crippen molar-refractivity contribution in [2.24, 2.45) is 0 Å². The molecule has 6 heteroatoms. The van der Waals surface area contributed by atoms with Crippen molar-refractivity contribution in [3.8, 4) is 5.75 Å². The molecule has 0 radical (unpaired) electrons. The third kappa shape index (κ3) is 3.05. The number of nitrogens with one attached hydrogen (secondary N) is 1. The Kier molecular flexibility index (Phi) is 4.53. The number of para-hydroxylation sites is 1. The summed E-state index contributed by atoms with van der Waals surface area (Å²) in [7, 11) is 1.61. The van der Waals surface area contributed by atoms with E-state index in [1.54, 1.807) is 13.2 Å². The first-order valence-corrected chi connectivity index (χ1v) is 9.69. The van der Waals surface area contributed by atoms with Crippen molar-refractivity contribution in [3.05, 3.63) is 76.4 Å². The molecular weight excluding hydrogens is 362 g/mol. The molecule has 1 aromatic carbocycles. The van der Waals surface area contributed by atoms with E-state index in [-0.39, 0.29) is 12.5 Å². The topological polar surface area (TPSA) is 71.7 Å². The fourth-order valence-corrected chi connectivity index (χ4v) is 4.35. The molecule has 27 heavy (non-hydrogen) atoms. The second-order valence-corrected chi connectivity index (χ2v) is 7.76. The third-order valence-electron chi connectivity index (χ3n) is 5.24. The van der Waals surface area contributed by atoms with Gasteiger partial charge in [-0.1, -0.05) is 24.3 Å². The summed E-state index contributed by atoms with van der Waals surface area (Å²) >= 11 is 1.44. The Bertz CT molecular complexity index is 879. The van der Waals surface area contributed by atoms with E-state index < -0.39 is 11.0 Å². The van der Waals surface area contributed by atoms with Crippen molar-refractivity contribution in [2.75, 3.05) is 13.7 Å². The number of aliphatic hydroxyl groups is 1. The lowest BCUT2D eigenvalue weighted by Crippen LogP contribution is -2.44. The fourth-order valence-electron chi connectivity index (χ4n) is 3.51. The lowest BCUT2D eigenvalue weighted by molar-refractivity contribution is -0.124. The first-order chi connectivity index (χ1) is 13.1. The molecule has 1 fully saturated rings. The molecule has 0 spiro atoms. The zero-order valence-corrected chi connectivity index (χ0v) is 15.8. The lowest BCUT2D eigenvalue weighted by Gasteiger charge is -2.28. The Labute approximate surface area is 161 Å². The maximum absolute atomic E-state index is 13.1. The number of furan rings is 1. The van der Waals surface area contributed by atoms with Gasteiger partial charge < -0.3 is 19.6 Å². The number of benzene rings is 1. The van der Waals surface area contributed by atoms with Crippen LogP contribution in [0.4, 0.5) is 0 Å². The molecule has 4 rings (SSSR count). The number of hydrogen-bond donors (Lipinski definition) is 2. The van der Waals surface area contributed by atoms with Gasteiger partial charge in [0.15, 0.2) is 0 Å². The molecule has 3 aromatic rings. The van der Waals surface area contributed by atoms with Crippen LogP contribution in [0.2, 0.25) is 0 Å². The van der Waals surface area contributed by atoms with Gasteiger partial charge in [0.2, 0.25) is 5.91 Å². The van der Waals surface area contributed by atoms with Crippen molar-refractivity contribution in [1.82, 2.24) is 5.32 Å². The van der Waals surface area contributed by atoms with E-state index in [9.17, 15) is 9.90 Å². The van der Waals surface area contributed by atoms with Crippen LogP contribution in [0.25, 0.3) is 0 Å². The van der Waals surface area contributed by atoms with Crippen LogP contribution < -0.4 is 10.1 Å². The van der Waals surface area contributed by atoms with Crippen molar-refractivity contribution in [2.45, 2.75) is 23.9 Å². The van der Waals surface area contributed by atoms with E-state index in [2.05, 4.69) is 5.32 Å². The number of carbonyl (C=O) groups excluding carboxylic acids is 1. The lowest BCUT2D eigenvalue weighted by atomic mass is 9.91. The predicted molar refractivity (Wildman–Crippen MR) is 103 cm³/mol. The zero-order chi connectivity index (χ0) is 18.9. The molecule has 0 saturated heterocycles. The van der Waals surface area contributed by atoms with Gasteiger partial charge in [-0.15, -0.1) is 11.3 Å². The molecule has 140 valence electrons. The van der Waals surface area contributed by atoms with Crippen LogP contribution >= 0.6 is 11.3 Å². The largest absolute Gasteiger partial charge is 0.496 e. The Morgan fingerprint density at radius 1 is 1.30 bits per heavy atom. The molecule has 1 atom stereocenters. The van der Waals surface area contributed by atoms with E-state index in [1.807, 2.05) is 41.8 Å². The Morgan fingerprint density at radius 2 is 2.11 bits per heavy atom. The van der Waals surface area contributed by atoms with Gasteiger partial charge in [0.1, 0.15) is 11.4 Å². The maximum atomic E-state index is 13.1. The predicted octanol–water partition coefficient (Wildman–Crippen LogP) is 3.43. The van der Waals surface area contributed by atoms with E-state index in [0.29, 0.717) is 11.3 Å². The summed E-state index contributed by atoms with van der Waals surface area (Å²) in [6.45, 7) is 0.0722. The van der Waals surface area contributed by atoms with Gasteiger partial charge in [-0.2, -0.15) is 0 Å². The number of methoxy groups -OCH3 is 1. The summed E-state index contributed by atoms with van der Waals surface area (Å²) in [5.41, 5.74) is -0.395. The Morgan fingerprint density at radius 3 is 2.74 bits per heavy atom. The van der Waals surface area contributed by atoms with Gasteiger partial charge in [-0.05, 0) is 36.4 Å². The van der Waals surface area contributed by atoms with E-state index in [4.69, 9.17) is 9.15 Å². The van der Waals surface area contributed by atoms with Crippen LogP contribution in [-0.2, 0) is 15.8 Å². The first kappa shape index (κ1) is 17.8. The van der Waals surface area contributed by atoms with Crippen LogP contribution in [0.5, 0.6) is 5.75 Å². The highest BCUT2D eigenvalue weighted by Crippen LogP contribution is 2.51. The van der Waals surface area contributed by atoms with Gasteiger partial charge in [-0.25, -0.2) is 0 Å². The minimum absolute atomic E-state index is 0.0722. The van der Waals surface area contributed by atoms with Gasteiger partial charge in [0.25, 0.3) is 0 Å². The van der Waals surface area contributed by atoms with Crippen LogP contribution in [0.1, 0.15) is 28.8 Å². The van der Waals surface area contributed by atoms with E-state index >= 15 is 0 Å². The smallest absolute Gasteiger partial charge is 0.230 e. The van der Waals surface area contributed by atoms with Gasteiger partial charge >= 0.3 is 0 Å². The van der Waals surface area contributed by atoms with Gasteiger partial charge in [0.05, 0.1) is 31.6 Å². The molecule has 5 nitrogen and oxygen atoms in total. The van der Waals surface area contributed by atoms with Crippen LogP contribution in [-0.4, -0.2) is 24.7 Å². The van der Waals surface area contributed by atoms with Crippen molar-refractivity contribution in [1.29, 1.82) is 0 Å². The summed E-state index contributed by atoms with van der Waals surface area (Å²) in [4.78, 5) is 13.8. The molecule has 0 unspecified atom stereocenters. The SMILES string of the molecule is COc1ccccc1C1(C(=O)NC[C@](O)(c2ccoc2)c2cccs2)CC1. The summed E-state index contributed by atoms with van der Waals surface area (Å²) < 4.78 is 10.6. The summed E-state index contributed by atoms with van der Waals surface area (Å²) in [6, 6.07) is 13.1. The zero-order valence-electron chi connectivity index (χ0n) is 15.0. The number of hydrogen-bond acceptors (Lipinski definition) is 5. The summed E-state index contributed by atoms with van der Waals surface area (Å²) in [5, 5.41) is 16.2. The summed E-state index contributed by atoms with van der Waals surface area (Å²) in [6.07, 6.45) is 4.57. The minimum Gasteiger partial charge on any atom is -0.496 e. The highest BCUT2D eigenvalue weighted by molar-refractivity contribution is 7.10. The number of rotatable bonds is 7. The Balaban J connectivity index is 1.58. The average Bonchev–Trinajstić information content (AvgIpc) is 3.11. The highest BCUT2D eigenvalue weighted by atomic mass is 32.1. The Hall–Kier alpha value is -2.57. The normalized spacial score (nSPS) is 17.1. The number of ether oxygens (including phenoxy) is 1. The number of carbonyl (C=O) groups is 1. The average molecular weight is 383 g/mol. The van der Waals surface area contributed by atoms with Crippen molar-refractivity contribution < 1.29 is 19.1 Å². The highest BCUT2D eigenvalue weighted by Gasteiger charge is 2.53. The van der Waals surface area contributed by atoms with Crippen LogP contribution in [0.15, 0.2) is 64.8 Å². The molecule has 2 heterocycles. The molecule has 1 aliphatic carbocycles. The molecule has 1 saturated carbocycles. The minimum atomic E-state index is -1.33. The molecule has 2 N–H and O–H groups in total. The third-order valence-corrected chi connectivity index (χ3v) is 6.26. The van der Waals surface area contributed by atoms with Gasteiger partial charge in [0, 0.05) is 16.0 Å². The quantitative estimate of drug-likeness (QED) is 0.656. The second kappa shape index (κ2) is 6.87. The molecule has 0 bridgehead atoms. The molecule has 2 aromatic heterocycles. The molecule has 1 aliphatic rings.